The topological polar surface area (TPSA) is 55.0 Å². The number of nitrogens with one attached hydrogen (secondary N) is 1. The van der Waals surface area contributed by atoms with E-state index in [0.29, 0.717) is 6.54 Å². The summed E-state index contributed by atoms with van der Waals surface area (Å²) in [4.78, 5) is 0. The zero-order valence-corrected chi connectivity index (χ0v) is 12.3. The molecule has 0 aliphatic carbocycles. The quantitative estimate of drug-likeness (QED) is 0.778. The van der Waals surface area contributed by atoms with Crippen molar-refractivity contribution in [3.8, 4) is 0 Å². The molecule has 2 aromatic rings. The average molecular weight is 276 g/mol. The highest BCUT2D eigenvalue weighted by molar-refractivity contribution is 5.38. The van der Waals surface area contributed by atoms with E-state index >= 15 is 0 Å². The third-order valence-electron chi connectivity index (χ3n) is 3.31. The van der Waals surface area contributed by atoms with Crippen molar-refractivity contribution in [1.82, 2.24) is 14.3 Å². The molecule has 2 rings (SSSR count). The first-order valence-electron chi connectivity index (χ1n) is 7.20. The molecular formula is C15H24N4O. The summed E-state index contributed by atoms with van der Waals surface area (Å²) in [6, 6.07) is 4.23. The number of aromatic nitrogens is 3. The molecule has 0 unspecified atom stereocenters. The second kappa shape index (κ2) is 7.14. The Bertz CT molecular complexity index is 515. The molecular weight excluding hydrogens is 252 g/mol. The van der Waals surface area contributed by atoms with Gasteiger partial charge in [0.15, 0.2) is 0 Å². The van der Waals surface area contributed by atoms with E-state index in [0.717, 1.165) is 24.7 Å². The van der Waals surface area contributed by atoms with Crippen LogP contribution in [-0.2, 0) is 19.6 Å². The summed E-state index contributed by atoms with van der Waals surface area (Å²) in [5, 5.41) is 16.4. The van der Waals surface area contributed by atoms with Crippen LogP contribution in [0.1, 0.15) is 26.0 Å². The van der Waals surface area contributed by atoms with Crippen molar-refractivity contribution in [3.63, 3.8) is 0 Å². The minimum absolute atomic E-state index is 0.110. The lowest BCUT2D eigenvalue weighted by atomic mass is 10.1. The summed E-state index contributed by atoms with van der Waals surface area (Å²) in [6.07, 6.45) is 7.03. The minimum Gasteiger partial charge on any atom is -0.394 e. The third kappa shape index (κ3) is 4.13. The molecule has 2 aromatic heterocycles. The summed E-state index contributed by atoms with van der Waals surface area (Å²) in [5.74, 6) is 0.718. The highest BCUT2D eigenvalue weighted by Crippen LogP contribution is 2.11. The van der Waals surface area contributed by atoms with Crippen molar-refractivity contribution in [2.45, 2.75) is 39.9 Å². The van der Waals surface area contributed by atoms with Crippen molar-refractivity contribution in [3.05, 3.63) is 36.4 Å². The smallest absolute Gasteiger partial charge is 0.0729 e. The van der Waals surface area contributed by atoms with E-state index in [9.17, 15) is 0 Å². The van der Waals surface area contributed by atoms with Crippen LogP contribution in [-0.4, -0.2) is 26.1 Å². The first-order valence-corrected chi connectivity index (χ1v) is 7.20. The Hall–Kier alpha value is -1.75. The predicted molar refractivity (Wildman–Crippen MR) is 80.5 cm³/mol. The minimum atomic E-state index is 0.110. The fraction of sp³-hybridized carbons (Fsp3) is 0.533. The Morgan fingerprint density at radius 2 is 2.20 bits per heavy atom. The molecule has 0 amide bonds. The maximum Gasteiger partial charge on any atom is 0.0729 e. The van der Waals surface area contributed by atoms with Gasteiger partial charge in [-0.3, -0.25) is 4.68 Å². The van der Waals surface area contributed by atoms with Gasteiger partial charge in [0.05, 0.1) is 31.6 Å². The molecule has 0 fully saturated rings. The van der Waals surface area contributed by atoms with Crippen LogP contribution >= 0.6 is 0 Å². The lowest BCUT2D eigenvalue weighted by Gasteiger charge is -2.11. The van der Waals surface area contributed by atoms with Crippen molar-refractivity contribution in [2.24, 2.45) is 5.92 Å². The summed E-state index contributed by atoms with van der Waals surface area (Å²) < 4.78 is 4.03. The van der Waals surface area contributed by atoms with Crippen molar-refractivity contribution in [2.75, 3.05) is 11.9 Å². The van der Waals surface area contributed by atoms with Gasteiger partial charge in [0, 0.05) is 24.6 Å². The van der Waals surface area contributed by atoms with Crippen LogP contribution in [0.3, 0.4) is 0 Å². The number of nitrogens with zero attached hydrogens (tertiary/aromatic N) is 3. The van der Waals surface area contributed by atoms with Crippen LogP contribution in [0.4, 0.5) is 5.69 Å². The van der Waals surface area contributed by atoms with E-state index in [1.165, 1.54) is 12.1 Å². The number of hydrogen-bond acceptors (Lipinski definition) is 3. The van der Waals surface area contributed by atoms with Gasteiger partial charge in [-0.1, -0.05) is 13.8 Å². The zero-order chi connectivity index (χ0) is 14.4. The molecule has 0 aliphatic heterocycles. The van der Waals surface area contributed by atoms with Gasteiger partial charge in [0.2, 0.25) is 0 Å². The zero-order valence-electron chi connectivity index (χ0n) is 12.3. The van der Waals surface area contributed by atoms with Crippen LogP contribution in [0.5, 0.6) is 0 Å². The fourth-order valence-electron chi connectivity index (χ4n) is 2.10. The number of aryl methyl sites for hydroxylation is 1. The molecule has 0 aromatic carbocycles. The molecule has 5 nitrogen and oxygen atoms in total. The Morgan fingerprint density at radius 1 is 1.35 bits per heavy atom. The second-order valence-electron chi connectivity index (χ2n) is 5.44. The van der Waals surface area contributed by atoms with Gasteiger partial charge >= 0.3 is 0 Å². The van der Waals surface area contributed by atoms with Gasteiger partial charge < -0.3 is 15.0 Å². The summed E-state index contributed by atoms with van der Waals surface area (Å²) in [6.45, 7) is 6.99. The Kier molecular flexibility index (Phi) is 5.24. The molecule has 0 atom stereocenters. The first-order chi connectivity index (χ1) is 9.69. The lowest BCUT2D eigenvalue weighted by Crippen LogP contribution is -2.08. The van der Waals surface area contributed by atoms with Crippen molar-refractivity contribution < 1.29 is 5.11 Å². The van der Waals surface area contributed by atoms with E-state index in [2.05, 4.69) is 47.2 Å². The standard InChI is InChI=1S/C15H24N4O/c1-13(2)5-7-18-6-3-4-15(18)11-16-14-10-17-19(12-14)8-9-20/h3-4,6,10,12-13,16,20H,5,7-9,11H2,1-2H3. The summed E-state index contributed by atoms with van der Waals surface area (Å²) in [7, 11) is 0. The molecule has 0 saturated carbocycles. The van der Waals surface area contributed by atoms with Gasteiger partial charge in [-0.25, -0.2) is 0 Å². The summed E-state index contributed by atoms with van der Waals surface area (Å²) in [5.41, 5.74) is 2.26. The molecule has 0 radical (unpaired) electrons. The fourth-order valence-corrected chi connectivity index (χ4v) is 2.10. The molecule has 0 aliphatic rings. The van der Waals surface area contributed by atoms with Crippen molar-refractivity contribution in [1.29, 1.82) is 0 Å². The van der Waals surface area contributed by atoms with Crippen LogP contribution in [0.2, 0.25) is 0 Å². The molecule has 5 heteroatoms. The number of rotatable bonds is 8. The molecule has 2 N–H and O–H groups in total. The molecule has 110 valence electrons. The Labute approximate surface area is 120 Å². The summed E-state index contributed by atoms with van der Waals surface area (Å²) >= 11 is 0. The first kappa shape index (κ1) is 14.7. The van der Waals surface area contributed by atoms with Gasteiger partial charge in [-0.05, 0) is 24.5 Å². The van der Waals surface area contributed by atoms with Gasteiger partial charge in [-0.15, -0.1) is 0 Å². The monoisotopic (exact) mass is 276 g/mol. The Morgan fingerprint density at radius 3 is 2.95 bits per heavy atom. The number of anilines is 1. The normalized spacial score (nSPS) is 11.2. The average Bonchev–Trinajstić information content (AvgIpc) is 3.03. The number of aliphatic hydroxyl groups excluding tert-OH is 1. The van der Waals surface area contributed by atoms with Gasteiger partial charge in [-0.2, -0.15) is 5.10 Å². The van der Waals surface area contributed by atoms with Crippen LogP contribution in [0.15, 0.2) is 30.7 Å². The molecule has 0 spiro atoms. The maximum atomic E-state index is 8.86. The van der Waals surface area contributed by atoms with Gasteiger partial charge in [0.25, 0.3) is 0 Å². The number of hydrogen-bond donors (Lipinski definition) is 2. The molecule has 20 heavy (non-hydrogen) atoms. The third-order valence-corrected chi connectivity index (χ3v) is 3.31. The Balaban J connectivity index is 1.88. The largest absolute Gasteiger partial charge is 0.394 e. The SMILES string of the molecule is CC(C)CCn1cccc1CNc1cnn(CCO)c1. The van der Waals surface area contributed by atoms with E-state index in [4.69, 9.17) is 5.11 Å². The maximum absolute atomic E-state index is 8.86. The molecule has 0 bridgehead atoms. The van der Waals surface area contributed by atoms with Crippen molar-refractivity contribution >= 4 is 5.69 Å². The highest BCUT2D eigenvalue weighted by atomic mass is 16.3. The lowest BCUT2D eigenvalue weighted by molar-refractivity contribution is 0.269. The molecule has 2 heterocycles. The van der Waals surface area contributed by atoms with Crippen LogP contribution in [0, 0.1) is 5.92 Å². The van der Waals surface area contributed by atoms with E-state index in [1.54, 1.807) is 10.9 Å². The number of aliphatic hydroxyl groups is 1. The van der Waals surface area contributed by atoms with E-state index in [-0.39, 0.29) is 6.61 Å². The highest BCUT2D eigenvalue weighted by Gasteiger charge is 2.03. The van der Waals surface area contributed by atoms with Gasteiger partial charge in [0.1, 0.15) is 0 Å². The van der Waals surface area contributed by atoms with E-state index < -0.39 is 0 Å². The molecule has 0 saturated heterocycles. The predicted octanol–water partition coefficient (Wildman–Crippen LogP) is 2.34. The van der Waals surface area contributed by atoms with Crippen LogP contribution in [0.25, 0.3) is 0 Å². The van der Waals surface area contributed by atoms with Crippen LogP contribution < -0.4 is 5.32 Å². The van der Waals surface area contributed by atoms with E-state index in [1.807, 2.05) is 6.20 Å². The second-order valence-corrected chi connectivity index (χ2v) is 5.44.